The van der Waals surface area contributed by atoms with Gasteiger partial charge in [-0.2, -0.15) is 0 Å². The predicted octanol–water partition coefficient (Wildman–Crippen LogP) is 2.59. The summed E-state index contributed by atoms with van der Waals surface area (Å²) in [5, 5.41) is 3.04. The van der Waals surface area contributed by atoms with E-state index in [1.54, 1.807) is 0 Å². The molecule has 0 atom stereocenters. The van der Waals surface area contributed by atoms with E-state index in [9.17, 15) is 0 Å². The second-order valence-electron chi connectivity index (χ2n) is 5.68. The third kappa shape index (κ3) is 5.82. The van der Waals surface area contributed by atoms with Crippen LogP contribution in [-0.4, -0.2) is 30.6 Å². The minimum Gasteiger partial charge on any atom is -0.370 e. The lowest BCUT2D eigenvalue weighted by atomic mass is 10.2. The lowest BCUT2D eigenvalue weighted by Crippen LogP contribution is -2.32. The molecule has 2 heterocycles. The number of nitrogens with one attached hydrogen (secondary N) is 1. The molecule has 1 saturated heterocycles. The number of hydrogen-bond acceptors (Lipinski definition) is 3. The normalized spacial score (nSPS) is 14.6. The molecule has 122 valence electrons. The van der Waals surface area contributed by atoms with Crippen molar-refractivity contribution < 1.29 is 0 Å². The van der Waals surface area contributed by atoms with Gasteiger partial charge in [0.1, 0.15) is 5.82 Å². The van der Waals surface area contributed by atoms with Crippen LogP contribution in [0.1, 0.15) is 31.0 Å². The van der Waals surface area contributed by atoms with Gasteiger partial charge in [0.15, 0.2) is 5.96 Å². The Balaban J connectivity index is 0.00000242. The minimum absolute atomic E-state index is 0. The van der Waals surface area contributed by atoms with Gasteiger partial charge in [-0.1, -0.05) is 12.2 Å². The molecule has 1 aromatic rings. The van der Waals surface area contributed by atoms with E-state index in [0.717, 1.165) is 35.7 Å². The van der Waals surface area contributed by atoms with Gasteiger partial charge in [-0.15, -0.1) is 24.0 Å². The fourth-order valence-corrected chi connectivity index (χ4v) is 2.39. The van der Waals surface area contributed by atoms with Gasteiger partial charge in [0.25, 0.3) is 0 Å². The number of anilines is 1. The molecule has 0 aliphatic carbocycles. The highest BCUT2D eigenvalue weighted by atomic mass is 127. The largest absolute Gasteiger partial charge is 0.370 e. The molecule has 0 bridgehead atoms. The summed E-state index contributed by atoms with van der Waals surface area (Å²) >= 11 is 0. The molecule has 0 unspecified atom stereocenters. The van der Waals surface area contributed by atoms with Crippen LogP contribution in [0.2, 0.25) is 0 Å². The van der Waals surface area contributed by atoms with Gasteiger partial charge in [0, 0.05) is 25.3 Å². The minimum atomic E-state index is 0. The highest BCUT2D eigenvalue weighted by molar-refractivity contribution is 14.0. The Morgan fingerprint density at radius 3 is 2.73 bits per heavy atom. The topological polar surface area (TPSA) is 66.5 Å². The van der Waals surface area contributed by atoms with Gasteiger partial charge < -0.3 is 16.0 Å². The van der Waals surface area contributed by atoms with E-state index in [2.05, 4.69) is 38.9 Å². The van der Waals surface area contributed by atoms with E-state index in [-0.39, 0.29) is 24.0 Å². The molecule has 0 saturated carbocycles. The standard InChI is InChI=1S/C16H25N5.HI/c1-12(2)10-18-16(17)19-11-14-8-13(3)20-15(9-14)21-6-4-5-7-21;/h8-9H,1,4-7,10-11H2,2-3H3,(H3,17,18,19);1H. The van der Waals surface area contributed by atoms with Gasteiger partial charge in [0.05, 0.1) is 6.54 Å². The van der Waals surface area contributed by atoms with Gasteiger partial charge >= 0.3 is 0 Å². The zero-order valence-corrected chi connectivity index (χ0v) is 15.8. The lowest BCUT2D eigenvalue weighted by Gasteiger charge is -2.17. The van der Waals surface area contributed by atoms with Crippen LogP contribution in [0, 0.1) is 6.92 Å². The van der Waals surface area contributed by atoms with Crippen molar-refractivity contribution in [2.24, 2.45) is 10.7 Å². The Bertz CT molecular complexity index is 535. The fourth-order valence-electron chi connectivity index (χ4n) is 2.39. The molecule has 5 nitrogen and oxygen atoms in total. The molecule has 22 heavy (non-hydrogen) atoms. The number of aromatic nitrogens is 1. The predicted molar refractivity (Wildman–Crippen MR) is 104 cm³/mol. The van der Waals surface area contributed by atoms with Crippen LogP contribution in [-0.2, 0) is 6.54 Å². The summed E-state index contributed by atoms with van der Waals surface area (Å²) < 4.78 is 0. The first-order valence-electron chi connectivity index (χ1n) is 7.45. The fraction of sp³-hybridized carbons (Fsp3) is 0.500. The van der Waals surface area contributed by atoms with E-state index >= 15 is 0 Å². The monoisotopic (exact) mass is 415 g/mol. The number of halogens is 1. The van der Waals surface area contributed by atoms with Gasteiger partial charge in [-0.3, -0.25) is 0 Å². The van der Waals surface area contributed by atoms with Gasteiger partial charge in [-0.05, 0) is 44.4 Å². The number of aliphatic imine (C=N–C) groups is 1. The Hall–Kier alpha value is -1.31. The Kier molecular flexibility index (Phi) is 7.64. The summed E-state index contributed by atoms with van der Waals surface area (Å²) in [5.41, 5.74) is 9.04. The van der Waals surface area contributed by atoms with Crippen LogP contribution in [0.5, 0.6) is 0 Å². The second-order valence-corrected chi connectivity index (χ2v) is 5.68. The van der Waals surface area contributed by atoms with Crippen molar-refractivity contribution in [1.29, 1.82) is 0 Å². The molecule has 2 rings (SSSR count). The number of guanidine groups is 1. The van der Waals surface area contributed by atoms with Gasteiger partial charge in [0.2, 0.25) is 0 Å². The molecule has 1 fully saturated rings. The smallest absolute Gasteiger partial charge is 0.189 e. The number of nitrogens with two attached hydrogens (primary N) is 1. The van der Waals surface area contributed by atoms with Crippen molar-refractivity contribution in [2.75, 3.05) is 24.5 Å². The second kappa shape index (κ2) is 8.97. The zero-order valence-electron chi connectivity index (χ0n) is 13.4. The summed E-state index contributed by atoms with van der Waals surface area (Å²) in [6.07, 6.45) is 2.50. The summed E-state index contributed by atoms with van der Waals surface area (Å²) in [7, 11) is 0. The first kappa shape index (κ1) is 18.7. The summed E-state index contributed by atoms with van der Waals surface area (Å²) in [5.74, 6) is 1.52. The summed E-state index contributed by atoms with van der Waals surface area (Å²) in [6, 6.07) is 4.18. The quantitative estimate of drug-likeness (QED) is 0.336. The van der Waals surface area contributed by atoms with Crippen LogP contribution in [0.4, 0.5) is 5.82 Å². The van der Waals surface area contributed by atoms with Crippen LogP contribution >= 0.6 is 24.0 Å². The van der Waals surface area contributed by atoms with E-state index in [4.69, 9.17) is 5.73 Å². The Morgan fingerprint density at radius 1 is 1.41 bits per heavy atom. The first-order valence-corrected chi connectivity index (χ1v) is 7.45. The van der Waals surface area contributed by atoms with Crippen molar-refractivity contribution in [2.45, 2.75) is 33.2 Å². The maximum atomic E-state index is 5.84. The third-order valence-electron chi connectivity index (χ3n) is 3.43. The lowest BCUT2D eigenvalue weighted by molar-refractivity contribution is 0.910. The van der Waals surface area contributed by atoms with Crippen molar-refractivity contribution in [3.05, 3.63) is 35.5 Å². The van der Waals surface area contributed by atoms with Crippen molar-refractivity contribution in [1.82, 2.24) is 10.3 Å². The average molecular weight is 415 g/mol. The third-order valence-corrected chi connectivity index (χ3v) is 3.43. The highest BCUT2D eigenvalue weighted by Crippen LogP contribution is 2.20. The molecular formula is C16H26IN5. The summed E-state index contributed by atoms with van der Waals surface area (Å²) in [4.78, 5) is 11.3. The van der Waals surface area contributed by atoms with E-state index < -0.39 is 0 Å². The molecule has 6 heteroatoms. The molecule has 1 aliphatic rings. The molecule has 0 aromatic carbocycles. The van der Waals surface area contributed by atoms with Crippen LogP contribution in [0.3, 0.4) is 0 Å². The van der Waals surface area contributed by atoms with Crippen LogP contribution < -0.4 is 16.0 Å². The highest BCUT2D eigenvalue weighted by Gasteiger charge is 2.14. The molecule has 1 aliphatic heterocycles. The molecule has 1 aromatic heterocycles. The maximum absolute atomic E-state index is 5.84. The first-order chi connectivity index (χ1) is 10.0. The molecule has 0 spiro atoms. The Morgan fingerprint density at radius 2 is 2.09 bits per heavy atom. The molecule has 3 N–H and O–H groups in total. The number of pyridine rings is 1. The zero-order chi connectivity index (χ0) is 15.2. The van der Waals surface area contributed by atoms with E-state index in [0.29, 0.717) is 19.0 Å². The number of hydrogen-bond donors (Lipinski definition) is 2. The maximum Gasteiger partial charge on any atom is 0.189 e. The van der Waals surface area contributed by atoms with E-state index in [1.807, 2.05) is 13.8 Å². The van der Waals surface area contributed by atoms with Crippen LogP contribution in [0.25, 0.3) is 0 Å². The molecular weight excluding hydrogens is 389 g/mol. The number of nitrogens with zero attached hydrogens (tertiary/aromatic N) is 3. The van der Waals surface area contributed by atoms with E-state index in [1.165, 1.54) is 12.8 Å². The van der Waals surface area contributed by atoms with Crippen molar-refractivity contribution in [3.63, 3.8) is 0 Å². The Labute approximate surface area is 150 Å². The van der Waals surface area contributed by atoms with Crippen LogP contribution in [0.15, 0.2) is 29.3 Å². The van der Waals surface area contributed by atoms with Crippen molar-refractivity contribution >= 4 is 35.8 Å². The molecule has 0 amide bonds. The number of aryl methyl sites for hydroxylation is 1. The SMILES string of the molecule is C=C(C)CNC(N)=NCc1cc(C)nc(N2CCCC2)c1.I. The van der Waals surface area contributed by atoms with Crippen molar-refractivity contribution in [3.8, 4) is 0 Å². The molecule has 0 radical (unpaired) electrons. The van der Waals surface area contributed by atoms with Gasteiger partial charge in [-0.25, -0.2) is 9.98 Å². The number of rotatable bonds is 5. The summed E-state index contributed by atoms with van der Waals surface area (Å²) in [6.45, 7) is 11.2. The average Bonchev–Trinajstić information content (AvgIpc) is 2.96.